The Hall–Kier alpha value is -1.16. The molecule has 2 rings (SSSR count). The van der Waals surface area contributed by atoms with Crippen molar-refractivity contribution in [1.82, 2.24) is 4.31 Å². The van der Waals surface area contributed by atoms with Gasteiger partial charge in [0.1, 0.15) is 0 Å². The van der Waals surface area contributed by atoms with E-state index in [1.807, 2.05) is 0 Å². The smallest absolute Gasteiger partial charge is 0.271 e. The normalized spacial score (nSPS) is 17.3. The van der Waals surface area contributed by atoms with Gasteiger partial charge in [-0.25, -0.2) is 13.6 Å². The van der Waals surface area contributed by atoms with E-state index in [0.29, 0.717) is 24.3 Å². The number of nitrogens with two attached hydrogens (primary N) is 1. The SMILES string of the molecule is Cc1cc(S(N)(=O)=O)ccc1NS(=O)(=O)N1CCCC1. The van der Waals surface area contributed by atoms with E-state index in [1.165, 1.54) is 22.5 Å². The lowest BCUT2D eigenvalue weighted by Crippen LogP contribution is -2.33. The molecule has 20 heavy (non-hydrogen) atoms. The fraction of sp³-hybridized carbons (Fsp3) is 0.455. The average molecular weight is 319 g/mol. The number of hydrogen-bond acceptors (Lipinski definition) is 4. The predicted molar refractivity (Wildman–Crippen MR) is 75.9 cm³/mol. The van der Waals surface area contributed by atoms with Gasteiger partial charge < -0.3 is 0 Å². The molecule has 112 valence electrons. The zero-order chi connectivity index (χ0) is 15.0. The van der Waals surface area contributed by atoms with Gasteiger partial charge in [-0.15, -0.1) is 0 Å². The molecule has 0 amide bonds. The summed E-state index contributed by atoms with van der Waals surface area (Å²) in [5.41, 5.74) is 0.851. The standard InChI is InChI=1S/C11H17N3O4S2/c1-9-8-10(19(12,15)16)4-5-11(9)13-20(17,18)14-6-2-3-7-14/h4-5,8,13H,2-3,6-7H2,1H3,(H2,12,15,16). The second-order valence-corrected chi connectivity index (χ2v) is 7.97. The maximum absolute atomic E-state index is 12.1. The van der Waals surface area contributed by atoms with Crippen LogP contribution in [-0.4, -0.2) is 34.2 Å². The largest absolute Gasteiger partial charge is 0.301 e. The molecule has 0 saturated carbocycles. The highest BCUT2D eigenvalue weighted by atomic mass is 32.2. The van der Waals surface area contributed by atoms with Gasteiger partial charge in [-0.05, 0) is 43.5 Å². The molecule has 3 N–H and O–H groups in total. The molecule has 1 aromatic carbocycles. The summed E-state index contributed by atoms with van der Waals surface area (Å²) < 4.78 is 50.5. The minimum atomic E-state index is -3.79. The van der Waals surface area contributed by atoms with Crippen molar-refractivity contribution >= 4 is 25.9 Å². The molecule has 0 aromatic heterocycles. The highest BCUT2D eigenvalue weighted by Crippen LogP contribution is 2.22. The summed E-state index contributed by atoms with van der Waals surface area (Å²) in [5, 5.41) is 5.03. The lowest BCUT2D eigenvalue weighted by atomic mass is 10.2. The van der Waals surface area contributed by atoms with Gasteiger partial charge in [0.25, 0.3) is 0 Å². The van der Waals surface area contributed by atoms with E-state index in [1.54, 1.807) is 6.92 Å². The van der Waals surface area contributed by atoms with Crippen LogP contribution >= 0.6 is 0 Å². The third-order valence-corrected chi connectivity index (χ3v) is 5.60. The molecule has 0 spiro atoms. The minimum Gasteiger partial charge on any atom is -0.271 e. The van der Waals surface area contributed by atoms with Gasteiger partial charge in [-0.1, -0.05) is 0 Å². The molecule has 9 heteroatoms. The highest BCUT2D eigenvalue weighted by molar-refractivity contribution is 7.90. The summed E-state index contributed by atoms with van der Waals surface area (Å²) in [7, 11) is -7.37. The molecular formula is C11H17N3O4S2. The highest BCUT2D eigenvalue weighted by Gasteiger charge is 2.25. The molecule has 1 saturated heterocycles. The summed E-state index contributed by atoms with van der Waals surface area (Å²) in [6.07, 6.45) is 1.70. The molecule has 0 atom stereocenters. The number of anilines is 1. The number of rotatable bonds is 4. The Morgan fingerprint density at radius 1 is 1.15 bits per heavy atom. The van der Waals surface area contributed by atoms with Crippen LogP contribution in [0.3, 0.4) is 0 Å². The zero-order valence-corrected chi connectivity index (χ0v) is 12.7. The number of sulfonamides is 1. The first-order valence-corrected chi connectivity index (χ1v) is 9.10. The third-order valence-electron chi connectivity index (χ3n) is 3.17. The number of hydrogen-bond donors (Lipinski definition) is 2. The molecule has 0 unspecified atom stereocenters. The Balaban J connectivity index is 2.26. The maximum atomic E-state index is 12.1. The first kappa shape index (κ1) is 15.2. The van der Waals surface area contributed by atoms with Gasteiger partial charge in [-0.3, -0.25) is 4.72 Å². The summed E-state index contributed by atoms with van der Waals surface area (Å²) in [6.45, 7) is 2.63. The van der Waals surface area contributed by atoms with Crippen molar-refractivity contribution in [1.29, 1.82) is 0 Å². The fourth-order valence-electron chi connectivity index (χ4n) is 2.06. The van der Waals surface area contributed by atoms with Crippen molar-refractivity contribution in [3.8, 4) is 0 Å². The first-order valence-electron chi connectivity index (χ1n) is 6.11. The maximum Gasteiger partial charge on any atom is 0.301 e. The summed E-state index contributed by atoms with van der Waals surface area (Å²) in [5.74, 6) is 0. The molecule has 1 aliphatic rings. The Morgan fingerprint density at radius 3 is 2.25 bits per heavy atom. The van der Waals surface area contributed by atoms with Gasteiger partial charge in [0.05, 0.1) is 10.6 Å². The number of nitrogens with zero attached hydrogens (tertiary/aromatic N) is 1. The van der Waals surface area contributed by atoms with E-state index in [0.717, 1.165) is 12.8 Å². The van der Waals surface area contributed by atoms with Gasteiger partial charge in [-0.2, -0.15) is 12.7 Å². The second-order valence-electron chi connectivity index (χ2n) is 4.73. The van der Waals surface area contributed by atoms with Crippen LogP contribution in [0.1, 0.15) is 18.4 Å². The quantitative estimate of drug-likeness (QED) is 0.836. The fourth-order valence-corrected chi connectivity index (χ4v) is 4.03. The van der Waals surface area contributed by atoms with Gasteiger partial charge in [0, 0.05) is 13.1 Å². The third kappa shape index (κ3) is 3.29. The van der Waals surface area contributed by atoms with E-state index >= 15 is 0 Å². The van der Waals surface area contributed by atoms with E-state index in [-0.39, 0.29) is 4.90 Å². The molecule has 0 bridgehead atoms. The number of nitrogens with one attached hydrogen (secondary N) is 1. The van der Waals surface area contributed by atoms with Crippen LogP contribution in [0, 0.1) is 6.92 Å². The number of aryl methyl sites for hydroxylation is 1. The van der Waals surface area contributed by atoms with Crippen LogP contribution < -0.4 is 9.86 Å². The van der Waals surface area contributed by atoms with Crippen LogP contribution in [0.2, 0.25) is 0 Å². The molecule has 0 radical (unpaired) electrons. The van der Waals surface area contributed by atoms with E-state index < -0.39 is 20.2 Å². The molecule has 1 aromatic rings. The summed E-state index contributed by atoms with van der Waals surface area (Å²) >= 11 is 0. The van der Waals surface area contributed by atoms with E-state index in [4.69, 9.17) is 5.14 Å². The van der Waals surface area contributed by atoms with Crippen molar-refractivity contribution in [3.63, 3.8) is 0 Å². The van der Waals surface area contributed by atoms with Crippen molar-refractivity contribution in [2.24, 2.45) is 5.14 Å². The van der Waals surface area contributed by atoms with Crippen molar-refractivity contribution in [3.05, 3.63) is 23.8 Å². The Labute approximate surface area is 119 Å². The zero-order valence-electron chi connectivity index (χ0n) is 11.0. The summed E-state index contributed by atoms with van der Waals surface area (Å²) in [6, 6.07) is 4.03. The van der Waals surface area contributed by atoms with Gasteiger partial charge in [0.2, 0.25) is 10.0 Å². The number of primary sulfonamides is 1. The lowest BCUT2D eigenvalue weighted by Gasteiger charge is -2.18. The van der Waals surface area contributed by atoms with Crippen LogP contribution in [0.25, 0.3) is 0 Å². The second kappa shape index (κ2) is 5.32. The van der Waals surface area contributed by atoms with Crippen molar-refractivity contribution < 1.29 is 16.8 Å². The molecule has 7 nitrogen and oxygen atoms in total. The molecular weight excluding hydrogens is 302 g/mol. The van der Waals surface area contributed by atoms with E-state index in [9.17, 15) is 16.8 Å². The van der Waals surface area contributed by atoms with Gasteiger partial charge >= 0.3 is 10.2 Å². The van der Waals surface area contributed by atoms with Crippen molar-refractivity contribution in [2.75, 3.05) is 17.8 Å². The topological polar surface area (TPSA) is 110 Å². The van der Waals surface area contributed by atoms with Crippen LogP contribution in [0.5, 0.6) is 0 Å². The van der Waals surface area contributed by atoms with Crippen LogP contribution in [-0.2, 0) is 20.2 Å². The summed E-state index contributed by atoms with van der Waals surface area (Å²) in [4.78, 5) is -0.0425. The lowest BCUT2D eigenvalue weighted by molar-refractivity contribution is 0.482. The molecule has 1 heterocycles. The average Bonchev–Trinajstić information content (AvgIpc) is 2.84. The van der Waals surface area contributed by atoms with E-state index in [2.05, 4.69) is 4.72 Å². The predicted octanol–water partition coefficient (Wildman–Crippen LogP) is 0.395. The Morgan fingerprint density at radius 2 is 1.75 bits per heavy atom. The minimum absolute atomic E-state index is 0.0425. The first-order chi connectivity index (χ1) is 9.20. The molecule has 1 fully saturated rings. The van der Waals surface area contributed by atoms with Crippen molar-refractivity contribution in [2.45, 2.75) is 24.7 Å². The molecule has 0 aliphatic carbocycles. The van der Waals surface area contributed by atoms with Crippen LogP contribution in [0.15, 0.2) is 23.1 Å². The Kier molecular flexibility index (Phi) is 4.05. The van der Waals surface area contributed by atoms with Crippen LogP contribution in [0.4, 0.5) is 5.69 Å². The Bertz CT molecular complexity index is 707. The number of benzene rings is 1. The molecule has 1 aliphatic heterocycles. The van der Waals surface area contributed by atoms with Gasteiger partial charge in [0.15, 0.2) is 0 Å². The monoisotopic (exact) mass is 319 g/mol.